The second-order valence-corrected chi connectivity index (χ2v) is 6.72. The molecule has 1 aromatic carbocycles. The van der Waals surface area contributed by atoms with Gasteiger partial charge in [-0.15, -0.1) is 0 Å². The summed E-state index contributed by atoms with van der Waals surface area (Å²) in [5.74, 6) is 0.0659. The van der Waals surface area contributed by atoms with Gasteiger partial charge in [0.1, 0.15) is 6.10 Å². The van der Waals surface area contributed by atoms with Crippen molar-refractivity contribution < 1.29 is 19.1 Å². The molecule has 0 saturated carbocycles. The molecule has 2 fully saturated rings. The number of fused-ring (bicyclic) bond motifs is 1. The van der Waals surface area contributed by atoms with E-state index >= 15 is 0 Å². The van der Waals surface area contributed by atoms with E-state index in [4.69, 9.17) is 9.47 Å². The summed E-state index contributed by atoms with van der Waals surface area (Å²) in [6.45, 7) is 4.11. The van der Waals surface area contributed by atoms with Gasteiger partial charge in [0.25, 0.3) is 5.91 Å². The first-order valence-electron chi connectivity index (χ1n) is 8.86. The average Bonchev–Trinajstić information content (AvgIpc) is 3.32. The molecule has 3 aliphatic heterocycles. The Morgan fingerprint density at radius 3 is 2.56 bits per heavy atom. The van der Waals surface area contributed by atoms with Gasteiger partial charge in [0.2, 0.25) is 0 Å². The lowest BCUT2D eigenvalue weighted by Crippen LogP contribution is -2.53. The third-order valence-corrected chi connectivity index (χ3v) is 5.06. The van der Waals surface area contributed by atoms with Crippen molar-refractivity contribution in [3.8, 4) is 0 Å². The summed E-state index contributed by atoms with van der Waals surface area (Å²) in [5.41, 5.74) is 3.09. The Labute approximate surface area is 146 Å². The van der Waals surface area contributed by atoms with Crippen LogP contribution in [0.2, 0.25) is 0 Å². The largest absolute Gasteiger partial charge is 0.372 e. The van der Waals surface area contributed by atoms with Gasteiger partial charge in [0, 0.05) is 38.5 Å². The number of nitrogens with zero attached hydrogens (tertiary/aromatic N) is 2. The molecule has 0 aliphatic carbocycles. The highest BCUT2D eigenvalue weighted by molar-refractivity contribution is 5.90. The number of hydrogen-bond acceptors (Lipinski definition) is 4. The van der Waals surface area contributed by atoms with Crippen LogP contribution in [0.4, 0.5) is 10.5 Å². The third-order valence-electron chi connectivity index (χ3n) is 5.06. The number of ether oxygens (including phenoxy) is 2. The van der Waals surface area contributed by atoms with E-state index < -0.39 is 0 Å². The quantitative estimate of drug-likeness (QED) is 0.883. The van der Waals surface area contributed by atoms with Crippen molar-refractivity contribution in [1.82, 2.24) is 9.80 Å². The van der Waals surface area contributed by atoms with Crippen molar-refractivity contribution in [1.29, 1.82) is 0 Å². The zero-order valence-electron chi connectivity index (χ0n) is 14.2. The first kappa shape index (κ1) is 16.4. The lowest BCUT2D eigenvalue weighted by Gasteiger charge is -2.35. The number of hydrogen-bond donors (Lipinski definition) is 1. The van der Waals surface area contributed by atoms with Crippen molar-refractivity contribution in [2.45, 2.75) is 32.2 Å². The Balaban J connectivity index is 1.30. The molecule has 4 rings (SSSR count). The number of benzene rings is 1. The molecule has 7 heteroatoms. The van der Waals surface area contributed by atoms with Crippen LogP contribution in [0.25, 0.3) is 0 Å². The van der Waals surface area contributed by atoms with Crippen LogP contribution in [0.15, 0.2) is 18.2 Å². The van der Waals surface area contributed by atoms with Crippen LogP contribution < -0.4 is 5.32 Å². The van der Waals surface area contributed by atoms with Gasteiger partial charge >= 0.3 is 6.03 Å². The number of amides is 3. The SMILES string of the molecule is O=C(Nc1ccc2c(c1)COC2)N1CCN(C(=O)C2CCCO2)CC1. The summed E-state index contributed by atoms with van der Waals surface area (Å²) in [6.07, 6.45) is 1.47. The lowest BCUT2D eigenvalue weighted by atomic mass is 10.1. The van der Waals surface area contributed by atoms with E-state index in [1.165, 1.54) is 5.56 Å². The van der Waals surface area contributed by atoms with Gasteiger partial charge in [-0.2, -0.15) is 0 Å². The summed E-state index contributed by atoms with van der Waals surface area (Å²) in [5, 5.41) is 2.94. The Morgan fingerprint density at radius 1 is 1.04 bits per heavy atom. The van der Waals surface area contributed by atoms with Crippen molar-refractivity contribution in [2.24, 2.45) is 0 Å². The maximum Gasteiger partial charge on any atom is 0.321 e. The van der Waals surface area contributed by atoms with E-state index in [0.717, 1.165) is 24.1 Å². The van der Waals surface area contributed by atoms with Crippen molar-refractivity contribution in [2.75, 3.05) is 38.1 Å². The number of carbonyl (C=O) groups excluding carboxylic acids is 2. The summed E-state index contributed by atoms with van der Waals surface area (Å²) in [6, 6.07) is 5.75. The maximum atomic E-state index is 12.5. The summed E-state index contributed by atoms with van der Waals surface area (Å²) < 4.78 is 10.9. The summed E-state index contributed by atoms with van der Waals surface area (Å²) in [4.78, 5) is 28.4. The minimum atomic E-state index is -0.283. The average molecular weight is 345 g/mol. The van der Waals surface area contributed by atoms with E-state index in [9.17, 15) is 9.59 Å². The van der Waals surface area contributed by atoms with Gasteiger partial charge in [-0.1, -0.05) is 6.07 Å². The Bertz CT molecular complexity index is 664. The van der Waals surface area contributed by atoms with E-state index in [1.54, 1.807) is 4.90 Å². The minimum absolute atomic E-state index is 0.0659. The molecule has 3 heterocycles. The first-order valence-corrected chi connectivity index (χ1v) is 8.86. The van der Waals surface area contributed by atoms with Gasteiger partial charge in [0.05, 0.1) is 13.2 Å². The normalized spacial score (nSPS) is 22.8. The van der Waals surface area contributed by atoms with Crippen LogP contribution in [0.1, 0.15) is 24.0 Å². The Morgan fingerprint density at radius 2 is 1.80 bits per heavy atom. The molecular formula is C18H23N3O4. The number of urea groups is 1. The Hall–Kier alpha value is -2.12. The molecule has 0 spiro atoms. The van der Waals surface area contributed by atoms with Crippen LogP contribution in [0, 0.1) is 0 Å². The lowest BCUT2D eigenvalue weighted by molar-refractivity contribution is -0.142. The van der Waals surface area contributed by atoms with Crippen molar-refractivity contribution in [3.05, 3.63) is 29.3 Å². The fraction of sp³-hybridized carbons (Fsp3) is 0.556. The number of anilines is 1. The second kappa shape index (κ2) is 7.01. The number of rotatable bonds is 2. The molecule has 0 radical (unpaired) electrons. The summed E-state index contributed by atoms with van der Waals surface area (Å²) in [7, 11) is 0. The molecule has 2 saturated heterocycles. The van der Waals surface area contributed by atoms with E-state index in [1.807, 2.05) is 23.1 Å². The van der Waals surface area contributed by atoms with Crippen LogP contribution in [-0.2, 0) is 27.5 Å². The van der Waals surface area contributed by atoms with Gasteiger partial charge in [-0.05, 0) is 36.1 Å². The zero-order valence-corrected chi connectivity index (χ0v) is 14.2. The molecule has 3 amide bonds. The Kier molecular flexibility index (Phi) is 4.59. The molecular weight excluding hydrogens is 322 g/mol. The smallest absolute Gasteiger partial charge is 0.321 e. The van der Waals surface area contributed by atoms with E-state index in [0.29, 0.717) is 46.0 Å². The highest BCUT2D eigenvalue weighted by Gasteiger charge is 2.31. The fourth-order valence-electron chi connectivity index (χ4n) is 3.56. The summed E-state index contributed by atoms with van der Waals surface area (Å²) >= 11 is 0. The minimum Gasteiger partial charge on any atom is -0.372 e. The van der Waals surface area contributed by atoms with Gasteiger partial charge in [0.15, 0.2) is 0 Å². The topological polar surface area (TPSA) is 71.1 Å². The van der Waals surface area contributed by atoms with Gasteiger partial charge in [-0.3, -0.25) is 4.79 Å². The molecule has 25 heavy (non-hydrogen) atoms. The standard InChI is InChI=1S/C18H23N3O4/c22-17(16-2-1-9-25-16)20-5-7-21(8-6-20)18(23)19-15-4-3-13-11-24-12-14(13)10-15/h3-4,10,16H,1-2,5-9,11-12H2,(H,19,23). The second-order valence-electron chi connectivity index (χ2n) is 6.72. The van der Waals surface area contributed by atoms with Gasteiger partial charge in [-0.25, -0.2) is 4.79 Å². The molecule has 0 aromatic heterocycles. The predicted octanol–water partition coefficient (Wildman–Crippen LogP) is 1.57. The fourth-order valence-corrected chi connectivity index (χ4v) is 3.56. The molecule has 1 N–H and O–H groups in total. The van der Waals surface area contributed by atoms with Crippen LogP contribution in [-0.4, -0.2) is 60.6 Å². The number of nitrogens with one attached hydrogen (secondary N) is 1. The molecule has 1 atom stereocenters. The van der Waals surface area contributed by atoms with E-state index in [-0.39, 0.29) is 18.0 Å². The predicted molar refractivity (Wildman–Crippen MR) is 91.1 cm³/mol. The van der Waals surface area contributed by atoms with Crippen LogP contribution >= 0.6 is 0 Å². The first-order chi connectivity index (χ1) is 12.2. The van der Waals surface area contributed by atoms with Crippen LogP contribution in [0.5, 0.6) is 0 Å². The molecule has 1 aromatic rings. The zero-order chi connectivity index (χ0) is 17.2. The molecule has 7 nitrogen and oxygen atoms in total. The molecule has 134 valence electrons. The van der Waals surface area contributed by atoms with Crippen LogP contribution in [0.3, 0.4) is 0 Å². The molecule has 1 unspecified atom stereocenters. The van der Waals surface area contributed by atoms with Crippen molar-refractivity contribution >= 4 is 17.6 Å². The number of piperazine rings is 1. The maximum absolute atomic E-state index is 12.5. The highest BCUT2D eigenvalue weighted by atomic mass is 16.5. The third kappa shape index (κ3) is 3.48. The monoisotopic (exact) mass is 345 g/mol. The van der Waals surface area contributed by atoms with Gasteiger partial charge < -0.3 is 24.6 Å². The molecule has 0 bridgehead atoms. The highest BCUT2D eigenvalue weighted by Crippen LogP contribution is 2.23. The number of carbonyl (C=O) groups is 2. The van der Waals surface area contributed by atoms with Crippen molar-refractivity contribution in [3.63, 3.8) is 0 Å². The van der Waals surface area contributed by atoms with E-state index in [2.05, 4.69) is 5.32 Å². The molecule has 3 aliphatic rings.